The van der Waals surface area contributed by atoms with Crippen LogP contribution in [0.1, 0.15) is 25.7 Å². The van der Waals surface area contributed by atoms with Gasteiger partial charge < -0.3 is 15.4 Å². The van der Waals surface area contributed by atoms with Crippen LogP contribution in [0.5, 0.6) is 5.75 Å². The lowest BCUT2D eigenvalue weighted by molar-refractivity contribution is -0.274. The van der Waals surface area contributed by atoms with Crippen LogP contribution in [0.15, 0.2) is 30.3 Å². The van der Waals surface area contributed by atoms with Gasteiger partial charge in [-0.15, -0.1) is 13.2 Å². The standard InChI is InChI=1S/C17H19F3N4O/c1-21-15-10-14(23-16(24-15)22-12-6-2-3-7-12)11-5-4-8-13(9-11)25-17(18,19)20/h4-5,8-10,12H,2-3,6-7H2,1H3,(H2,21,22,23,24). The van der Waals surface area contributed by atoms with Crippen molar-refractivity contribution in [3.63, 3.8) is 0 Å². The molecule has 2 N–H and O–H groups in total. The van der Waals surface area contributed by atoms with E-state index in [1.54, 1.807) is 19.2 Å². The van der Waals surface area contributed by atoms with E-state index < -0.39 is 6.36 Å². The summed E-state index contributed by atoms with van der Waals surface area (Å²) in [4.78, 5) is 8.83. The van der Waals surface area contributed by atoms with E-state index in [9.17, 15) is 13.2 Å². The summed E-state index contributed by atoms with van der Waals surface area (Å²) in [5.41, 5.74) is 1.04. The molecule has 1 aliphatic carbocycles. The molecule has 8 heteroatoms. The average Bonchev–Trinajstić information content (AvgIpc) is 3.06. The summed E-state index contributed by atoms with van der Waals surface area (Å²) in [5, 5.41) is 6.26. The number of nitrogens with zero attached hydrogens (tertiary/aromatic N) is 2. The van der Waals surface area contributed by atoms with E-state index in [-0.39, 0.29) is 5.75 Å². The minimum absolute atomic E-state index is 0.278. The Morgan fingerprint density at radius 2 is 1.88 bits per heavy atom. The second-order valence-corrected chi connectivity index (χ2v) is 5.91. The number of alkyl halides is 3. The number of halogens is 3. The number of rotatable bonds is 5. The van der Waals surface area contributed by atoms with Crippen molar-refractivity contribution in [3.05, 3.63) is 30.3 Å². The highest BCUT2D eigenvalue weighted by Gasteiger charge is 2.31. The summed E-state index contributed by atoms with van der Waals surface area (Å²) in [7, 11) is 1.73. The second kappa shape index (κ2) is 7.16. The minimum atomic E-state index is -4.73. The SMILES string of the molecule is CNc1cc(-c2cccc(OC(F)(F)F)c2)nc(NC2CCCC2)n1. The molecule has 0 amide bonds. The maximum Gasteiger partial charge on any atom is 0.573 e. The van der Waals surface area contributed by atoms with Crippen molar-refractivity contribution in [2.24, 2.45) is 0 Å². The predicted octanol–water partition coefficient (Wildman–Crippen LogP) is 4.44. The van der Waals surface area contributed by atoms with E-state index in [1.165, 1.54) is 31.0 Å². The van der Waals surface area contributed by atoms with Gasteiger partial charge in [-0.1, -0.05) is 25.0 Å². The lowest BCUT2D eigenvalue weighted by Gasteiger charge is -2.14. The molecule has 134 valence electrons. The fraction of sp³-hybridized carbons (Fsp3) is 0.412. The Labute approximate surface area is 143 Å². The van der Waals surface area contributed by atoms with E-state index >= 15 is 0 Å². The van der Waals surface area contributed by atoms with Gasteiger partial charge in [-0.05, 0) is 25.0 Å². The third-order valence-electron chi connectivity index (χ3n) is 4.03. The van der Waals surface area contributed by atoms with E-state index in [0.29, 0.717) is 29.1 Å². The fourth-order valence-electron chi connectivity index (χ4n) is 2.89. The van der Waals surface area contributed by atoms with Crippen molar-refractivity contribution >= 4 is 11.8 Å². The van der Waals surface area contributed by atoms with Gasteiger partial charge in [0, 0.05) is 24.7 Å². The van der Waals surface area contributed by atoms with Crippen LogP contribution < -0.4 is 15.4 Å². The van der Waals surface area contributed by atoms with Gasteiger partial charge in [-0.3, -0.25) is 0 Å². The molecule has 0 unspecified atom stereocenters. The molecule has 1 heterocycles. The number of benzene rings is 1. The Kier molecular flexibility index (Phi) is 4.96. The van der Waals surface area contributed by atoms with Crippen LogP contribution in [-0.4, -0.2) is 29.4 Å². The Morgan fingerprint density at radius 1 is 1.12 bits per heavy atom. The van der Waals surface area contributed by atoms with Crippen LogP contribution in [0, 0.1) is 0 Å². The van der Waals surface area contributed by atoms with Gasteiger partial charge in [0.2, 0.25) is 5.95 Å². The third kappa shape index (κ3) is 4.74. The monoisotopic (exact) mass is 352 g/mol. The molecule has 0 aliphatic heterocycles. The summed E-state index contributed by atoms with van der Waals surface area (Å²) in [6, 6.07) is 7.78. The van der Waals surface area contributed by atoms with Crippen LogP contribution >= 0.6 is 0 Å². The van der Waals surface area contributed by atoms with E-state index in [4.69, 9.17) is 0 Å². The highest BCUT2D eigenvalue weighted by molar-refractivity contribution is 5.65. The summed E-state index contributed by atoms with van der Waals surface area (Å²) in [5.74, 6) is 0.781. The van der Waals surface area contributed by atoms with Gasteiger partial charge in [0.15, 0.2) is 0 Å². The van der Waals surface area contributed by atoms with Gasteiger partial charge in [0.05, 0.1) is 5.69 Å². The Hall–Kier alpha value is -2.51. The first-order chi connectivity index (χ1) is 11.9. The first-order valence-electron chi connectivity index (χ1n) is 8.12. The molecule has 2 aromatic rings. The van der Waals surface area contributed by atoms with E-state index in [2.05, 4.69) is 25.3 Å². The zero-order valence-corrected chi connectivity index (χ0v) is 13.7. The molecule has 0 spiro atoms. The summed E-state index contributed by atoms with van der Waals surface area (Å²) < 4.78 is 41.2. The van der Waals surface area contributed by atoms with Crippen LogP contribution in [-0.2, 0) is 0 Å². The van der Waals surface area contributed by atoms with Crippen LogP contribution in [0.2, 0.25) is 0 Å². The number of nitrogens with one attached hydrogen (secondary N) is 2. The van der Waals surface area contributed by atoms with Crippen molar-refractivity contribution in [1.29, 1.82) is 0 Å². The Balaban J connectivity index is 1.89. The quantitative estimate of drug-likeness (QED) is 0.833. The normalized spacial score (nSPS) is 15.2. The Morgan fingerprint density at radius 3 is 2.56 bits per heavy atom. The number of hydrogen-bond donors (Lipinski definition) is 2. The van der Waals surface area contributed by atoms with Crippen molar-refractivity contribution < 1.29 is 17.9 Å². The smallest absolute Gasteiger partial charge is 0.406 e. The number of ether oxygens (including phenoxy) is 1. The lowest BCUT2D eigenvalue weighted by Crippen LogP contribution is -2.17. The van der Waals surface area contributed by atoms with E-state index in [0.717, 1.165) is 12.8 Å². The van der Waals surface area contributed by atoms with Crippen LogP contribution in [0.25, 0.3) is 11.3 Å². The molecule has 5 nitrogen and oxygen atoms in total. The zero-order chi connectivity index (χ0) is 17.9. The largest absolute Gasteiger partial charge is 0.573 e. The molecule has 0 bridgehead atoms. The predicted molar refractivity (Wildman–Crippen MR) is 89.6 cm³/mol. The van der Waals surface area contributed by atoms with Crippen molar-refractivity contribution in [1.82, 2.24) is 9.97 Å². The highest BCUT2D eigenvalue weighted by Crippen LogP contribution is 2.29. The number of anilines is 2. The summed E-state index contributed by atoms with van der Waals surface area (Å²) in [6.45, 7) is 0. The first kappa shape index (κ1) is 17.3. The molecule has 1 aromatic heterocycles. The average molecular weight is 352 g/mol. The highest BCUT2D eigenvalue weighted by atomic mass is 19.4. The van der Waals surface area contributed by atoms with Crippen LogP contribution in [0.3, 0.4) is 0 Å². The van der Waals surface area contributed by atoms with Crippen molar-refractivity contribution in [2.45, 2.75) is 38.1 Å². The zero-order valence-electron chi connectivity index (χ0n) is 13.7. The maximum absolute atomic E-state index is 12.4. The topological polar surface area (TPSA) is 59.1 Å². The molecule has 1 saturated carbocycles. The van der Waals surface area contributed by atoms with Gasteiger partial charge in [-0.2, -0.15) is 4.98 Å². The van der Waals surface area contributed by atoms with Gasteiger partial charge >= 0.3 is 6.36 Å². The van der Waals surface area contributed by atoms with Gasteiger partial charge in [-0.25, -0.2) is 4.98 Å². The van der Waals surface area contributed by atoms with Gasteiger partial charge in [0.1, 0.15) is 11.6 Å². The summed E-state index contributed by atoms with van der Waals surface area (Å²) >= 11 is 0. The van der Waals surface area contributed by atoms with E-state index in [1.807, 2.05) is 0 Å². The Bertz CT molecular complexity index is 730. The fourth-order valence-corrected chi connectivity index (χ4v) is 2.89. The molecule has 1 aromatic carbocycles. The molecular formula is C17H19F3N4O. The number of aromatic nitrogens is 2. The molecule has 0 radical (unpaired) electrons. The molecule has 1 aliphatic rings. The molecular weight excluding hydrogens is 333 g/mol. The molecule has 25 heavy (non-hydrogen) atoms. The summed E-state index contributed by atoms with van der Waals surface area (Å²) in [6.07, 6.45) is -0.246. The van der Waals surface area contributed by atoms with Crippen LogP contribution in [0.4, 0.5) is 24.9 Å². The first-order valence-corrected chi connectivity index (χ1v) is 8.12. The van der Waals surface area contributed by atoms with Crippen molar-refractivity contribution in [3.8, 4) is 17.0 Å². The molecule has 0 atom stereocenters. The lowest BCUT2D eigenvalue weighted by atomic mass is 10.1. The van der Waals surface area contributed by atoms with Crippen molar-refractivity contribution in [2.75, 3.05) is 17.7 Å². The second-order valence-electron chi connectivity index (χ2n) is 5.91. The molecule has 1 fully saturated rings. The number of hydrogen-bond acceptors (Lipinski definition) is 5. The van der Waals surface area contributed by atoms with Gasteiger partial charge in [0.25, 0.3) is 0 Å². The minimum Gasteiger partial charge on any atom is -0.406 e. The molecule has 0 saturated heterocycles. The molecule has 3 rings (SSSR count). The maximum atomic E-state index is 12.4. The third-order valence-corrected chi connectivity index (χ3v) is 4.03.